The van der Waals surface area contributed by atoms with Crippen LogP contribution >= 0.6 is 11.3 Å². The lowest BCUT2D eigenvalue weighted by molar-refractivity contribution is -0.135. The number of carbonyl (C=O) groups excluding carboxylic acids is 2. The molecule has 0 saturated carbocycles. The Morgan fingerprint density at radius 2 is 2.00 bits per heavy atom. The van der Waals surface area contributed by atoms with Crippen molar-refractivity contribution in [3.8, 4) is 5.75 Å². The molecule has 3 aromatic rings. The van der Waals surface area contributed by atoms with Gasteiger partial charge in [0.05, 0.1) is 6.04 Å². The van der Waals surface area contributed by atoms with Crippen LogP contribution in [-0.4, -0.2) is 47.9 Å². The van der Waals surface area contributed by atoms with E-state index in [-0.39, 0.29) is 36.8 Å². The van der Waals surface area contributed by atoms with Gasteiger partial charge >= 0.3 is 0 Å². The lowest BCUT2D eigenvalue weighted by Gasteiger charge is -2.37. The molecule has 0 fully saturated rings. The molecule has 1 aromatic heterocycles. The number of nitrogens with zero attached hydrogens (tertiary/aromatic N) is 2. The van der Waals surface area contributed by atoms with Crippen LogP contribution in [0.4, 0.5) is 4.39 Å². The van der Waals surface area contributed by atoms with E-state index in [1.165, 1.54) is 10.9 Å². The minimum atomic E-state index is -0.431. The highest BCUT2D eigenvalue weighted by Crippen LogP contribution is 2.34. The Bertz CT molecular complexity index is 1160. The van der Waals surface area contributed by atoms with Crippen molar-refractivity contribution in [2.75, 3.05) is 26.2 Å². The van der Waals surface area contributed by atoms with Crippen molar-refractivity contribution in [2.45, 2.75) is 32.7 Å². The van der Waals surface area contributed by atoms with E-state index in [4.69, 9.17) is 4.74 Å². The Kier molecular flexibility index (Phi) is 7.63. The zero-order valence-electron chi connectivity index (χ0n) is 19.5. The fraction of sp³-hybridized carbons (Fsp3) is 0.333. The van der Waals surface area contributed by atoms with Gasteiger partial charge in [-0.2, -0.15) is 0 Å². The Morgan fingerprint density at radius 1 is 1.18 bits per heavy atom. The van der Waals surface area contributed by atoms with Crippen LogP contribution in [0.15, 0.2) is 60.0 Å². The summed E-state index contributed by atoms with van der Waals surface area (Å²) in [5, 5.41) is 2.01. The van der Waals surface area contributed by atoms with Crippen molar-refractivity contribution in [3.63, 3.8) is 0 Å². The van der Waals surface area contributed by atoms with Crippen LogP contribution in [0.1, 0.15) is 45.7 Å². The zero-order chi connectivity index (χ0) is 24.1. The maximum Gasteiger partial charge on any atom is 0.254 e. The van der Waals surface area contributed by atoms with Gasteiger partial charge in [0.25, 0.3) is 5.91 Å². The van der Waals surface area contributed by atoms with Crippen molar-refractivity contribution < 1.29 is 18.7 Å². The summed E-state index contributed by atoms with van der Waals surface area (Å²) in [6.07, 6.45) is 1.51. The SMILES string of the molecule is CCCN(CC(=O)N1CCc2sccc2C1COc1ccccc1F)C(=O)c1cccc(C)c1. The number of para-hydroxylation sites is 1. The molecule has 2 amide bonds. The monoisotopic (exact) mass is 480 g/mol. The number of amides is 2. The summed E-state index contributed by atoms with van der Waals surface area (Å²) in [7, 11) is 0. The molecule has 1 aliphatic rings. The van der Waals surface area contributed by atoms with E-state index in [1.807, 2.05) is 43.5 Å². The van der Waals surface area contributed by atoms with Crippen molar-refractivity contribution >= 4 is 23.2 Å². The number of ether oxygens (including phenoxy) is 1. The summed E-state index contributed by atoms with van der Waals surface area (Å²) in [5.74, 6) is -0.543. The average Bonchev–Trinajstić information content (AvgIpc) is 3.32. The highest BCUT2D eigenvalue weighted by molar-refractivity contribution is 7.10. The summed E-state index contributed by atoms with van der Waals surface area (Å²) in [6.45, 7) is 5.11. The van der Waals surface area contributed by atoms with Gasteiger partial charge < -0.3 is 14.5 Å². The highest BCUT2D eigenvalue weighted by atomic mass is 32.1. The lowest BCUT2D eigenvalue weighted by Crippen LogP contribution is -2.48. The number of carbonyl (C=O) groups is 2. The maximum absolute atomic E-state index is 14.1. The van der Waals surface area contributed by atoms with Gasteiger partial charge in [-0.05, 0) is 61.0 Å². The Hall–Kier alpha value is -3.19. The van der Waals surface area contributed by atoms with E-state index in [0.717, 1.165) is 24.0 Å². The number of halogens is 1. The third kappa shape index (κ3) is 5.30. The van der Waals surface area contributed by atoms with Gasteiger partial charge in [-0.3, -0.25) is 9.59 Å². The van der Waals surface area contributed by atoms with Gasteiger partial charge in [0.15, 0.2) is 11.6 Å². The molecule has 0 spiro atoms. The molecular weight excluding hydrogens is 451 g/mol. The second-order valence-electron chi connectivity index (χ2n) is 8.49. The van der Waals surface area contributed by atoms with Crippen LogP contribution in [0, 0.1) is 12.7 Å². The van der Waals surface area contributed by atoms with Crippen molar-refractivity contribution in [2.24, 2.45) is 0 Å². The number of hydrogen-bond donors (Lipinski definition) is 0. The highest BCUT2D eigenvalue weighted by Gasteiger charge is 2.33. The van der Waals surface area contributed by atoms with Crippen LogP contribution in [0.5, 0.6) is 5.75 Å². The summed E-state index contributed by atoms with van der Waals surface area (Å²) in [6, 6.07) is 15.4. The minimum Gasteiger partial charge on any atom is -0.488 e. The molecule has 0 aliphatic carbocycles. The standard InChI is InChI=1S/C27H29FN2O3S/c1-3-13-29(27(32)20-8-6-7-19(2)16-20)17-26(31)30-14-11-25-21(12-15-34-25)23(30)18-33-24-10-5-4-9-22(24)28/h4-10,12,15-16,23H,3,11,13-14,17-18H2,1-2H3. The fourth-order valence-corrected chi connectivity index (χ4v) is 5.27. The molecule has 1 unspecified atom stereocenters. The van der Waals surface area contributed by atoms with E-state index in [9.17, 15) is 14.0 Å². The molecule has 4 rings (SSSR count). The van der Waals surface area contributed by atoms with E-state index in [2.05, 4.69) is 0 Å². The largest absolute Gasteiger partial charge is 0.488 e. The summed E-state index contributed by atoms with van der Waals surface area (Å²) >= 11 is 1.66. The molecule has 2 heterocycles. The molecule has 0 saturated heterocycles. The van der Waals surface area contributed by atoms with Crippen LogP contribution in [-0.2, 0) is 11.2 Å². The number of aryl methyl sites for hydroxylation is 1. The first kappa shape index (κ1) is 24.0. The molecule has 0 N–H and O–H groups in total. The maximum atomic E-state index is 14.1. The van der Waals surface area contributed by atoms with Gasteiger partial charge in [0.1, 0.15) is 13.2 Å². The number of thiophene rings is 1. The Morgan fingerprint density at radius 3 is 2.76 bits per heavy atom. The van der Waals surface area contributed by atoms with Gasteiger partial charge in [-0.25, -0.2) is 4.39 Å². The van der Waals surface area contributed by atoms with Gasteiger partial charge in [-0.15, -0.1) is 11.3 Å². The Balaban J connectivity index is 1.53. The number of fused-ring (bicyclic) bond motifs is 1. The molecule has 178 valence electrons. The van der Waals surface area contributed by atoms with Crippen LogP contribution in [0.2, 0.25) is 0 Å². The second-order valence-corrected chi connectivity index (χ2v) is 9.49. The van der Waals surface area contributed by atoms with Crippen LogP contribution < -0.4 is 4.74 Å². The number of rotatable bonds is 8. The molecule has 1 aliphatic heterocycles. The Labute approximate surface area is 203 Å². The van der Waals surface area contributed by atoms with E-state index >= 15 is 0 Å². The molecule has 0 radical (unpaired) electrons. The third-order valence-corrected chi connectivity index (χ3v) is 7.02. The summed E-state index contributed by atoms with van der Waals surface area (Å²) in [4.78, 5) is 31.3. The van der Waals surface area contributed by atoms with Gasteiger partial charge in [-0.1, -0.05) is 36.8 Å². The lowest BCUT2D eigenvalue weighted by atomic mass is 10.00. The van der Waals surface area contributed by atoms with Crippen LogP contribution in [0.25, 0.3) is 0 Å². The summed E-state index contributed by atoms with van der Waals surface area (Å²) in [5.41, 5.74) is 2.62. The predicted octanol–water partition coefficient (Wildman–Crippen LogP) is 5.25. The molecule has 1 atom stereocenters. The molecule has 2 aromatic carbocycles. The first-order valence-electron chi connectivity index (χ1n) is 11.6. The van der Waals surface area contributed by atoms with Gasteiger partial charge in [0.2, 0.25) is 5.91 Å². The van der Waals surface area contributed by atoms with E-state index < -0.39 is 5.82 Å². The predicted molar refractivity (Wildman–Crippen MR) is 132 cm³/mol. The van der Waals surface area contributed by atoms with Crippen molar-refractivity contribution in [1.29, 1.82) is 0 Å². The normalized spacial score (nSPS) is 15.0. The first-order valence-corrected chi connectivity index (χ1v) is 12.4. The van der Waals surface area contributed by atoms with Crippen molar-refractivity contribution in [1.82, 2.24) is 9.80 Å². The second kappa shape index (κ2) is 10.8. The fourth-order valence-electron chi connectivity index (χ4n) is 4.34. The quantitative estimate of drug-likeness (QED) is 0.442. The van der Waals surface area contributed by atoms with E-state index in [0.29, 0.717) is 18.7 Å². The van der Waals surface area contributed by atoms with Crippen LogP contribution in [0.3, 0.4) is 0 Å². The summed E-state index contributed by atoms with van der Waals surface area (Å²) < 4.78 is 19.9. The first-order chi connectivity index (χ1) is 16.5. The molecule has 34 heavy (non-hydrogen) atoms. The molecule has 0 bridgehead atoms. The number of benzene rings is 2. The average molecular weight is 481 g/mol. The zero-order valence-corrected chi connectivity index (χ0v) is 20.3. The number of hydrogen-bond acceptors (Lipinski definition) is 4. The third-order valence-electron chi connectivity index (χ3n) is 6.02. The topological polar surface area (TPSA) is 49.9 Å². The van der Waals surface area contributed by atoms with Crippen molar-refractivity contribution in [3.05, 3.63) is 87.4 Å². The molecular formula is C27H29FN2O3S. The molecule has 5 nitrogen and oxygen atoms in total. The van der Waals surface area contributed by atoms with Gasteiger partial charge in [0, 0.05) is 23.5 Å². The van der Waals surface area contributed by atoms with E-state index in [1.54, 1.807) is 45.4 Å². The molecule has 7 heteroatoms. The smallest absolute Gasteiger partial charge is 0.254 e. The minimum absolute atomic E-state index is 0.00369.